The van der Waals surface area contributed by atoms with Crippen molar-refractivity contribution >= 4 is 44.7 Å². The van der Waals surface area contributed by atoms with Crippen molar-refractivity contribution in [2.75, 3.05) is 0 Å². The number of hydrogen-bond donors (Lipinski definition) is 1. The van der Waals surface area contributed by atoms with Gasteiger partial charge in [-0.15, -0.1) is 0 Å². The minimum absolute atomic E-state index is 0.246. The maximum atomic E-state index is 11.9. The molecule has 0 fully saturated rings. The number of fused-ring (bicyclic) bond motifs is 1. The lowest BCUT2D eigenvalue weighted by Gasteiger charge is -2.06. The van der Waals surface area contributed by atoms with Crippen LogP contribution in [0.25, 0.3) is 17.0 Å². The molecule has 0 bridgehead atoms. The lowest BCUT2D eigenvalue weighted by atomic mass is 10.00. The Bertz CT molecular complexity index is 750. The van der Waals surface area contributed by atoms with Gasteiger partial charge in [0.25, 0.3) is 0 Å². The van der Waals surface area contributed by atoms with Gasteiger partial charge in [0.1, 0.15) is 5.57 Å². The van der Waals surface area contributed by atoms with Gasteiger partial charge in [-0.1, -0.05) is 32.0 Å². The molecule has 1 aromatic heterocycles. The van der Waals surface area contributed by atoms with Crippen LogP contribution in [0, 0.1) is 5.92 Å². The van der Waals surface area contributed by atoms with Crippen LogP contribution < -0.4 is 0 Å². The van der Waals surface area contributed by atoms with E-state index in [4.69, 9.17) is 0 Å². The maximum Gasteiger partial charge on any atom is 0.339 e. The molecule has 0 saturated carbocycles. The van der Waals surface area contributed by atoms with Gasteiger partial charge in [0.05, 0.1) is 11.2 Å². The number of ketones is 1. The van der Waals surface area contributed by atoms with Crippen molar-refractivity contribution in [3.63, 3.8) is 0 Å². The van der Waals surface area contributed by atoms with E-state index in [1.165, 1.54) is 6.08 Å². The molecule has 0 aliphatic rings. The Morgan fingerprint density at radius 2 is 1.95 bits per heavy atom. The third-order valence-electron chi connectivity index (χ3n) is 3.01. The van der Waals surface area contributed by atoms with Crippen LogP contribution in [-0.4, -0.2) is 21.8 Å². The number of carbonyl (C=O) groups is 2. The number of benzene rings is 1. The average molecular weight is 348 g/mol. The first-order chi connectivity index (χ1) is 9.90. The Morgan fingerprint density at radius 3 is 2.57 bits per heavy atom. The van der Waals surface area contributed by atoms with Crippen molar-refractivity contribution in [2.24, 2.45) is 5.92 Å². The molecule has 21 heavy (non-hydrogen) atoms. The van der Waals surface area contributed by atoms with Gasteiger partial charge in [-0.3, -0.25) is 4.79 Å². The van der Waals surface area contributed by atoms with Crippen molar-refractivity contribution in [3.8, 4) is 0 Å². The molecule has 0 saturated heterocycles. The summed E-state index contributed by atoms with van der Waals surface area (Å²) in [5, 5.41) is 10.1. The summed E-state index contributed by atoms with van der Waals surface area (Å²) < 4.78 is 0.822. The van der Waals surface area contributed by atoms with Gasteiger partial charge in [0.2, 0.25) is 0 Å². The monoisotopic (exact) mass is 347 g/mol. The van der Waals surface area contributed by atoms with E-state index in [2.05, 4.69) is 20.9 Å². The molecule has 0 amide bonds. The molecule has 0 aliphatic carbocycles. The normalized spacial score (nSPS) is 11.9. The van der Waals surface area contributed by atoms with Crippen LogP contribution in [0.15, 0.2) is 40.4 Å². The highest BCUT2D eigenvalue weighted by Crippen LogP contribution is 2.23. The van der Waals surface area contributed by atoms with Crippen molar-refractivity contribution in [1.82, 2.24) is 4.98 Å². The number of carboxylic acids is 1. The number of Topliss-reactive ketones (excluding diaryl/α,β-unsaturated/α-hetero) is 1. The van der Waals surface area contributed by atoms with E-state index >= 15 is 0 Å². The smallest absolute Gasteiger partial charge is 0.339 e. The van der Waals surface area contributed by atoms with Gasteiger partial charge in [-0.05, 0) is 34.1 Å². The second-order valence-corrected chi connectivity index (χ2v) is 5.78. The molecule has 2 rings (SSSR count). The molecule has 4 nitrogen and oxygen atoms in total. The molecule has 0 spiro atoms. The minimum Gasteiger partial charge on any atom is -0.478 e. The number of hydrogen-bond acceptors (Lipinski definition) is 3. The fourth-order valence-electron chi connectivity index (χ4n) is 1.90. The second kappa shape index (κ2) is 6.18. The minimum atomic E-state index is -1.23. The second-order valence-electron chi connectivity index (χ2n) is 4.93. The van der Waals surface area contributed by atoms with Gasteiger partial charge >= 0.3 is 5.97 Å². The first-order valence-corrected chi connectivity index (χ1v) is 7.24. The molecule has 0 unspecified atom stereocenters. The van der Waals surface area contributed by atoms with Gasteiger partial charge in [0.15, 0.2) is 5.78 Å². The van der Waals surface area contributed by atoms with E-state index in [0.717, 1.165) is 15.4 Å². The van der Waals surface area contributed by atoms with Crippen LogP contribution in [0.1, 0.15) is 19.5 Å². The summed E-state index contributed by atoms with van der Waals surface area (Å²) in [6.45, 7) is 3.34. The molecular weight excluding hydrogens is 334 g/mol. The lowest BCUT2D eigenvalue weighted by molar-refractivity contribution is -0.135. The van der Waals surface area contributed by atoms with E-state index in [0.29, 0.717) is 5.69 Å². The van der Waals surface area contributed by atoms with E-state index in [9.17, 15) is 14.7 Å². The van der Waals surface area contributed by atoms with Gasteiger partial charge in [-0.2, -0.15) is 0 Å². The number of halogens is 1. The van der Waals surface area contributed by atoms with E-state index < -0.39 is 11.8 Å². The van der Waals surface area contributed by atoms with Crippen LogP contribution in [0.2, 0.25) is 0 Å². The Balaban J connectivity index is 2.54. The quantitative estimate of drug-likeness (QED) is 0.520. The van der Waals surface area contributed by atoms with Crippen molar-refractivity contribution in [2.45, 2.75) is 13.8 Å². The lowest BCUT2D eigenvalue weighted by Crippen LogP contribution is -2.17. The largest absolute Gasteiger partial charge is 0.478 e. The molecule has 0 atom stereocenters. The summed E-state index contributed by atoms with van der Waals surface area (Å²) in [6, 6.07) is 9.22. The topological polar surface area (TPSA) is 67.3 Å². The molecule has 0 aliphatic heterocycles. The van der Waals surface area contributed by atoms with Crippen molar-refractivity contribution < 1.29 is 14.7 Å². The number of carbonyl (C=O) groups excluding carboxylic acids is 1. The van der Waals surface area contributed by atoms with E-state index in [1.54, 1.807) is 19.9 Å². The maximum absolute atomic E-state index is 11.9. The third-order valence-corrected chi connectivity index (χ3v) is 3.64. The summed E-state index contributed by atoms with van der Waals surface area (Å²) in [5.41, 5.74) is 0.928. The Morgan fingerprint density at radius 1 is 1.24 bits per heavy atom. The van der Waals surface area contributed by atoms with Crippen molar-refractivity contribution in [1.29, 1.82) is 0 Å². The fourth-order valence-corrected chi connectivity index (χ4v) is 2.37. The zero-order valence-electron chi connectivity index (χ0n) is 11.6. The highest BCUT2D eigenvalue weighted by atomic mass is 79.9. The SMILES string of the molecule is CC(C)C(=O)C(=Cc1ccc2cccc(Br)c2n1)C(=O)O. The zero-order chi connectivity index (χ0) is 15.6. The van der Waals surface area contributed by atoms with E-state index in [-0.39, 0.29) is 11.5 Å². The molecule has 108 valence electrons. The molecule has 0 radical (unpaired) electrons. The van der Waals surface area contributed by atoms with E-state index in [1.807, 2.05) is 24.3 Å². The standard InChI is InChI=1S/C16H14BrNO3/c1-9(2)15(19)12(16(20)21)8-11-7-6-10-4-3-5-13(17)14(10)18-11/h3-9H,1-2H3,(H,20,21). The van der Waals surface area contributed by atoms with Gasteiger partial charge in [-0.25, -0.2) is 9.78 Å². The number of para-hydroxylation sites is 1. The fraction of sp³-hybridized carbons (Fsp3) is 0.188. The number of aromatic nitrogens is 1. The molecule has 1 heterocycles. The number of rotatable bonds is 4. The Hall–Kier alpha value is -2.01. The predicted molar refractivity (Wildman–Crippen MR) is 84.9 cm³/mol. The summed E-state index contributed by atoms with van der Waals surface area (Å²) in [5.74, 6) is -2.02. The van der Waals surface area contributed by atoms with Crippen LogP contribution in [-0.2, 0) is 9.59 Å². The zero-order valence-corrected chi connectivity index (χ0v) is 13.2. The number of nitrogens with zero attached hydrogens (tertiary/aromatic N) is 1. The summed E-state index contributed by atoms with van der Waals surface area (Å²) >= 11 is 3.41. The van der Waals surface area contributed by atoms with Gasteiger partial charge in [0, 0.05) is 15.8 Å². The number of aliphatic carboxylic acids is 1. The third kappa shape index (κ3) is 3.36. The first-order valence-electron chi connectivity index (χ1n) is 6.44. The number of carboxylic acid groups (broad SMARTS) is 1. The van der Waals surface area contributed by atoms with Crippen LogP contribution in [0.3, 0.4) is 0 Å². The molecular formula is C16H14BrNO3. The molecule has 2 aromatic rings. The molecule has 5 heteroatoms. The highest BCUT2D eigenvalue weighted by molar-refractivity contribution is 9.10. The van der Waals surface area contributed by atoms with Crippen LogP contribution >= 0.6 is 15.9 Å². The highest BCUT2D eigenvalue weighted by Gasteiger charge is 2.20. The van der Waals surface area contributed by atoms with Crippen LogP contribution in [0.4, 0.5) is 0 Å². The molecule has 1 aromatic carbocycles. The summed E-state index contributed by atoms with van der Waals surface area (Å²) in [6.07, 6.45) is 1.32. The molecule has 1 N–H and O–H groups in total. The first kappa shape index (κ1) is 15.4. The van der Waals surface area contributed by atoms with Gasteiger partial charge < -0.3 is 5.11 Å². The Kier molecular flexibility index (Phi) is 4.53. The van der Waals surface area contributed by atoms with Crippen LogP contribution in [0.5, 0.6) is 0 Å². The summed E-state index contributed by atoms with van der Waals surface area (Å²) in [7, 11) is 0. The predicted octanol–water partition coefficient (Wildman–Crippen LogP) is 3.69. The van der Waals surface area contributed by atoms with Crippen molar-refractivity contribution in [3.05, 3.63) is 46.1 Å². The number of pyridine rings is 1. The average Bonchev–Trinajstić information content (AvgIpc) is 2.44. The summed E-state index contributed by atoms with van der Waals surface area (Å²) in [4.78, 5) is 27.6. The Labute approximate surface area is 130 Å².